The summed E-state index contributed by atoms with van der Waals surface area (Å²) in [5.41, 5.74) is 2.07. The molecular weight excluding hydrogens is 406 g/mol. The molecule has 1 aromatic heterocycles. The van der Waals surface area contributed by atoms with Crippen LogP contribution in [0, 0.1) is 17.0 Å². The van der Waals surface area contributed by atoms with E-state index >= 15 is 0 Å². The molecule has 9 heteroatoms. The molecule has 0 amide bonds. The summed E-state index contributed by atoms with van der Waals surface area (Å²) >= 11 is 0. The van der Waals surface area contributed by atoms with E-state index in [9.17, 15) is 18.5 Å². The number of para-hydroxylation sites is 1. The fourth-order valence-corrected chi connectivity index (χ4v) is 4.78. The predicted octanol–water partition coefficient (Wildman–Crippen LogP) is 4.06. The molecule has 0 unspecified atom stereocenters. The molecule has 0 radical (unpaired) electrons. The van der Waals surface area contributed by atoms with E-state index in [1.807, 2.05) is 37.3 Å². The number of nitro benzene ring substituents is 1. The third kappa shape index (κ3) is 4.27. The Kier molecular flexibility index (Phi) is 6.33. The van der Waals surface area contributed by atoms with Crippen LogP contribution in [0.15, 0.2) is 53.4 Å². The molecule has 8 nitrogen and oxygen atoms in total. The van der Waals surface area contributed by atoms with Crippen LogP contribution in [0.1, 0.15) is 25.1 Å². The highest BCUT2D eigenvalue weighted by Gasteiger charge is 2.26. The first-order valence-electron chi connectivity index (χ1n) is 9.54. The van der Waals surface area contributed by atoms with Crippen LogP contribution in [0.25, 0.3) is 10.9 Å². The van der Waals surface area contributed by atoms with Gasteiger partial charge in [0.25, 0.3) is 0 Å². The van der Waals surface area contributed by atoms with Crippen LogP contribution in [0.5, 0.6) is 5.75 Å². The van der Waals surface area contributed by atoms with E-state index in [0.29, 0.717) is 0 Å². The van der Waals surface area contributed by atoms with Crippen molar-refractivity contribution in [2.75, 3.05) is 13.1 Å². The molecule has 158 valence electrons. The summed E-state index contributed by atoms with van der Waals surface area (Å²) in [7, 11) is -3.81. The lowest BCUT2D eigenvalue weighted by Gasteiger charge is -2.18. The van der Waals surface area contributed by atoms with E-state index in [0.717, 1.165) is 28.2 Å². The third-order valence-electron chi connectivity index (χ3n) is 4.78. The Labute approximate surface area is 175 Å². The molecule has 0 aliphatic heterocycles. The number of aryl methyl sites for hydroxylation is 1. The highest BCUT2D eigenvalue weighted by atomic mass is 32.2. The molecule has 0 spiro atoms. The maximum Gasteiger partial charge on any atom is 0.312 e. The van der Waals surface area contributed by atoms with E-state index in [-0.39, 0.29) is 30.3 Å². The van der Waals surface area contributed by atoms with Crippen LogP contribution >= 0.6 is 0 Å². The van der Waals surface area contributed by atoms with Crippen LogP contribution in [0.3, 0.4) is 0 Å². The van der Waals surface area contributed by atoms with Gasteiger partial charge in [-0.25, -0.2) is 8.42 Å². The van der Waals surface area contributed by atoms with Gasteiger partial charge in [0, 0.05) is 35.8 Å². The minimum Gasteiger partial charge on any atom is -0.482 e. The SMILES string of the molecule is CCN(CC)S(=O)(=O)c1ccc(OCc2cc(C)nc3ccccc23)c([N+](=O)[O-])c1. The Hall–Kier alpha value is -3.04. The lowest BCUT2D eigenvalue weighted by Crippen LogP contribution is -2.30. The molecule has 3 rings (SSSR count). The van der Waals surface area contributed by atoms with Gasteiger partial charge in [0.05, 0.1) is 15.3 Å². The van der Waals surface area contributed by atoms with Crippen LogP contribution in [0.2, 0.25) is 0 Å². The number of hydrogen-bond donors (Lipinski definition) is 0. The normalized spacial score (nSPS) is 11.7. The van der Waals surface area contributed by atoms with Gasteiger partial charge >= 0.3 is 5.69 Å². The topological polar surface area (TPSA) is 103 Å². The molecule has 1 heterocycles. The summed E-state index contributed by atoms with van der Waals surface area (Å²) < 4.78 is 32.4. The predicted molar refractivity (Wildman–Crippen MR) is 114 cm³/mol. The van der Waals surface area contributed by atoms with Gasteiger partial charge < -0.3 is 4.74 Å². The molecule has 0 aliphatic carbocycles. The molecular formula is C21H23N3O5S. The van der Waals surface area contributed by atoms with Crippen LogP contribution in [-0.4, -0.2) is 35.7 Å². The first-order chi connectivity index (χ1) is 14.3. The lowest BCUT2D eigenvalue weighted by molar-refractivity contribution is -0.386. The summed E-state index contributed by atoms with van der Waals surface area (Å²) in [4.78, 5) is 15.3. The quantitative estimate of drug-likeness (QED) is 0.395. The standard InChI is InChI=1S/C21H23N3O5S/c1-4-23(5-2)30(27,28)17-10-11-21(20(13-17)24(25)26)29-14-16-12-15(3)22-19-9-7-6-8-18(16)19/h6-13H,4-5,14H2,1-3H3. The van der Waals surface area contributed by atoms with Crippen molar-refractivity contribution in [1.29, 1.82) is 0 Å². The second-order valence-corrected chi connectivity index (χ2v) is 8.64. The van der Waals surface area contributed by atoms with Gasteiger partial charge in [-0.1, -0.05) is 32.0 Å². The Morgan fingerprint density at radius 1 is 1.10 bits per heavy atom. The number of nitro groups is 1. The maximum atomic E-state index is 12.7. The Bertz CT molecular complexity index is 1190. The molecule has 0 fully saturated rings. The zero-order chi connectivity index (χ0) is 21.9. The highest BCUT2D eigenvalue weighted by Crippen LogP contribution is 2.32. The molecule has 0 atom stereocenters. The summed E-state index contributed by atoms with van der Waals surface area (Å²) in [6, 6.07) is 13.2. The summed E-state index contributed by atoms with van der Waals surface area (Å²) in [6.45, 7) is 5.94. The van der Waals surface area contributed by atoms with Crippen molar-refractivity contribution in [1.82, 2.24) is 9.29 Å². The zero-order valence-corrected chi connectivity index (χ0v) is 17.8. The van der Waals surface area contributed by atoms with Crippen molar-refractivity contribution in [3.05, 3.63) is 69.9 Å². The number of aromatic nitrogens is 1. The van der Waals surface area contributed by atoms with Crippen molar-refractivity contribution >= 4 is 26.6 Å². The first-order valence-corrected chi connectivity index (χ1v) is 11.0. The van der Waals surface area contributed by atoms with Crippen molar-refractivity contribution in [3.8, 4) is 5.75 Å². The number of benzene rings is 2. The van der Waals surface area contributed by atoms with E-state index in [4.69, 9.17) is 4.74 Å². The van der Waals surface area contributed by atoms with Crippen molar-refractivity contribution in [2.24, 2.45) is 0 Å². The minimum absolute atomic E-state index is 0.0112. The van der Waals surface area contributed by atoms with Gasteiger partial charge in [0.15, 0.2) is 5.75 Å². The Balaban J connectivity index is 1.95. The number of fused-ring (bicyclic) bond motifs is 1. The number of rotatable bonds is 8. The van der Waals surface area contributed by atoms with Gasteiger partial charge in [-0.05, 0) is 31.2 Å². The highest BCUT2D eigenvalue weighted by molar-refractivity contribution is 7.89. The molecule has 30 heavy (non-hydrogen) atoms. The number of ether oxygens (including phenoxy) is 1. The van der Waals surface area contributed by atoms with Crippen LogP contribution in [-0.2, 0) is 16.6 Å². The average Bonchev–Trinajstić information content (AvgIpc) is 2.72. The van der Waals surface area contributed by atoms with Gasteiger partial charge in [-0.2, -0.15) is 4.31 Å². The van der Waals surface area contributed by atoms with Crippen LogP contribution in [0.4, 0.5) is 5.69 Å². The number of sulfonamides is 1. The zero-order valence-electron chi connectivity index (χ0n) is 17.0. The lowest BCUT2D eigenvalue weighted by atomic mass is 10.1. The fraction of sp³-hybridized carbons (Fsp3) is 0.286. The van der Waals surface area contributed by atoms with Gasteiger partial charge in [0.2, 0.25) is 10.0 Å². The molecule has 0 bridgehead atoms. The Morgan fingerprint density at radius 3 is 2.47 bits per heavy atom. The van der Waals surface area contributed by atoms with Gasteiger partial charge in [-0.15, -0.1) is 0 Å². The summed E-state index contributed by atoms with van der Waals surface area (Å²) in [5, 5.41) is 12.5. The third-order valence-corrected chi connectivity index (χ3v) is 6.83. The van der Waals surface area contributed by atoms with Crippen LogP contribution < -0.4 is 4.74 Å². The maximum absolute atomic E-state index is 12.7. The van der Waals surface area contributed by atoms with Gasteiger partial charge in [-0.3, -0.25) is 15.1 Å². The Morgan fingerprint density at radius 2 is 1.80 bits per heavy atom. The molecule has 0 aliphatic rings. The summed E-state index contributed by atoms with van der Waals surface area (Å²) in [5.74, 6) is 0.0112. The van der Waals surface area contributed by atoms with E-state index < -0.39 is 20.6 Å². The second kappa shape index (κ2) is 8.76. The van der Waals surface area contributed by atoms with E-state index in [2.05, 4.69) is 4.98 Å². The largest absolute Gasteiger partial charge is 0.482 e. The summed E-state index contributed by atoms with van der Waals surface area (Å²) in [6.07, 6.45) is 0. The minimum atomic E-state index is -3.81. The monoisotopic (exact) mass is 429 g/mol. The molecule has 3 aromatic rings. The molecule has 0 saturated carbocycles. The molecule has 0 N–H and O–H groups in total. The number of hydrogen-bond acceptors (Lipinski definition) is 6. The van der Waals surface area contributed by atoms with Crippen molar-refractivity contribution < 1.29 is 18.1 Å². The van der Waals surface area contributed by atoms with E-state index in [1.165, 1.54) is 16.4 Å². The van der Waals surface area contributed by atoms with Crippen molar-refractivity contribution in [2.45, 2.75) is 32.3 Å². The fourth-order valence-electron chi connectivity index (χ4n) is 3.30. The van der Waals surface area contributed by atoms with Gasteiger partial charge in [0.1, 0.15) is 6.61 Å². The smallest absolute Gasteiger partial charge is 0.312 e. The molecule has 0 saturated heterocycles. The average molecular weight is 429 g/mol. The molecule has 2 aromatic carbocycles. The number of pyridine rings is 1. The van der Waals surface area contributed by atoms with E-state index in [1.54, 1.807) is 13.8 Å². The van der Waals surface area contributed by atoms with Crippen molar-refractivity contribution in [3.63, 3.8) is 0 Å². The first kappa shape index (κ1) is 21.7. The second-order valence-electron chi connectivity index (χ2n) is 6.70. The number of nitrogens with zero attached hydrogens (tertiary/aromatic N) is 3.